The van der Waals surface area contributed by atoms with Crippen LogP contribution in [0.1, 0.15) is 27.7 Å². The van der Waals surface area contributed by atoms with Gasteiger partial charge < -0.3 is 4.90 Å². The van der Waals surface area contributed by atoms with Crippen LogP contribution in [0.25, 0.3) is 0 Å². The van der Waals surface area contributed by atoms with Crippen molar-refractivity contribution >= 4 is 0 Å². The molecular weight excluding hydrogens is 254 g/mol. The lowest BCUT2D eigenvalue weighted by atomic mass is 9.93. The predicted molar refractivity (Wildman–Crippen MR) is 94.8 cm³/mol. The van der Waals surface area contributed by atoms with Crippen molar-refractivity contribution in [2.24, 2.45) is 5.41 Å². The zero-order chi connectivity index (χ0) is 15.7. The van der Waals surface area contributed by atoms with Gasteiger partial charge in [0.15, 0.2) is 0 Å². The summed E-state index contributed by atoms with van der Waals surface area (Å²) in [5, 5.41) is 0. The smallest absolute Gasteiger partial charge is 0.0407 e. The molecule has 0 fully saturated rings. The second kappa shape index (κ2) is 8.31. The number of nitrogens with zero attached hydrogens (tertiary/aromatic N) is 1. The van der Waals surface area contributed by atoms with Gasteiger partial charge in [0.1, 0.15) is 0 Å². The molecule has 112 valence electrons. The Bertz CT molecular complexity index is 534. The second-order valence-electron chi connectivity index (χ2n) is 5.67. The molecule has 1 nitrogen and oxygen atoms in total. The normalized spacial score (nSPS) is 18.7. The Balaban J connectivity index is 3.03. The van der Waals surface area contributed by atoms with E-state index in [9.17, 15) is 0 Å². The van der Waals surface area contributed by atoms with E-state index in [-0.39, 0.29) is 5.41 Å². The topological polar surface area (TPSA) is 3.24 Å². The standard InChI is InChI=1S/C20H27N/c1-6-8-10-13-18(12-9-7-2)21(5)19-14-11-16-20(3,4)17-15-19/h6-17H,1-5H3/b8-6+,9-7-,13-10-,18-12+. The largest absolute Gasteiger partial charge is 0.345 e. The fraction of sp³-hybridized carbons (Fsp3) is 0.300. The lowest BCUT2D eigenvalue weighted by Gasteiger charge is -2.21. The summed E-state index contributed by atoms with van der Waals surface area (Å²) in [7, 11) is 2.09. The molecule has 0 bridgehead atoms. The first-order valence-corrected chi connectivity index (χ1v) is 7.45. The fourth-order valence-corrected chi connectivity index (χ4v) is 1.92. The minimum Gasteiger partial charge on any atom is -0.345 e. The van der Waals surface area contributed by atoms with Crippen LogP contribution in [-0.4, -0.2) is 11.9 Å². The summed E-state index contributed by atoms with van der Waals surface area (Å²) in [6.07, 6.45) is 25.4. The molecule has 0 aromatic carbocycles. The van der Waals surface area contributed by atoms with Crippen LogP contribution < -0.4 is 0 Å². The SMILES string of the molecule is C\C=C/C=C(\C=C/C=C/C)N(C)C1=CC=CC(C)(C)C=C1. The van der Waals surface area contributed by atoms with Crippen molar-refractivity contribution < 1.29 is 0 Å². The van der Waals surface area contributed by atoms with Crippen molar-refractivity contribution in [3.63, 3.8) is 0 Å². The summed E-state index contributed by atoms with van der Waals surface area (Å²) in [6.45, 7) is 8.46. The van der Waals surface area contributed by atoms with Crippen LogP contribution in [0.5, 0.6) is 0 Å². The molecule has 0 aliphatic heterocycles. The molecule has 0 saturated carbocycles. The molecule has 0 saturated heterocycles. The summed E-state index contributed by atoms with van der Waals surface area (Å²) in [5.41, 5.74) is 2.43. The van der Waals surface area contributed by atoms with Crippen LogP contribution >= 0.6 is 0 Å². The van der Waals surface area contributed by atoms with E-state index in [0.717, 1.165) is 5.70 Å². The molecule has 0 N–H and O–H groups in total. The quantitative estimate of drug-likeness (QED) is 0.597. The Morgan fingerprint density at radius 2 is 1.76 bits per heavy atom. The molecular formula is C20H27N. The highest BCUT2D eigenvalue weighted by atomic mass is 15.1. The first-order valence-electron chi connectivity index (χ1n) is 7.45. The molecule has 0 heterocycles. The zero-order valence-electron chi connectivity index (χ0n) is 13.9. The van der Waals surface area contributed by atoms with Crippen molar-refractivity contribution in [3.8, 4) is 0 Å². The average Bonchev–Trinajstić information content (AvgIpc) is 2.63. The van der Waals surface area contributed by atoms with E-state index in [0.29, 0.717) is 0 Å². The van der Waals surface area contributed by atoms with Crippen LogP contribution in [0.15, 0.2) is 84.3 Å². The molecule has 0 spiro atoms. The maximum absolute atomic E-state index is 2.24. The van der Waals surface area contributed by atoms with Gasteiger partial charge in [0.2, 0.25) is 0 Å². The van der Waals surface area contributed by atoms with E-state index in [2.05, 4.69) is 80.5 Å². The fourth-order valence-electron chi connectivity index (χ4n) is 1.92. The Labute approximate surface area is 130 Å². The second-order valence-corrected chi connectivity index (χ2v) is 5.67. The van der Waals surface area contributed by atoms with E-state index < -0.39 is 0 Å². The van der Waals surface area contributed by atoms with Gasteiger partial charge >= 0.3 is 0 Å². The molecule has 1 aliphatic rings. The van der Waals surface area contributed by atoms with E-state index in [4.69, 9.17) is 0 Å². The van der Waals surface area contributed by atoms with Crippen LogP contribution in [0.3, 0.4) is 0 Å². The van der Waals surface area contributed by atoms with Crippen LogP contribution in [0.2, 0.25) is 0 Å². The summed E-state index contributed by atoms with van der Waals surface area (Å²) in [5.74, 6) is 0. The minimum absolute atomic E-state index is 0.104. The molecule has 0 radical (unpaired) electrons. The lowest BCUT2D eigenvalue weighted by molar-refractivity contribution is 0.551. The zero-order valence-corrected chi connectivity index (χ0v) is 13.9. The summed E-state index contributed by atoms with van der Waals surface area (Å²) in [6, 6.07) is 0. The third-order valence-electron chi connectivity index (χ3n) is 3.28. The third-order valence-corrected chi connectivity index (χ3v) is 3.28. The summed E-state index contributed by atoms with van der Waals surface area (Å²) in [4.78, 5) is 2.20. The van der Waals surface area contributed by atoms with Crippen LogP contribution in [-0.2, 0) is 0 Å². The van der Waals surface area contributed by atoms with Crippen molar-refractivity contribution in [1.82, 2.24) is 4.90 Å². The molecule has 0 aromatic heterocycles. The number of likely N-dealkylation sites (N-methyl/N-ethyl adjacent to an activating group) is 1. The number of rotatable bonds is 5. The van der Waals surface area contributed by atoms with E-state index in [1.165, 1.54) is 5.70 Å². The maximum Gasteiger partial charge on any atom is 0.0407 e. The Morgan fingerprint density at radius 1 is 1.05 bits per heavy atom. The van der Waals surface area contributed by atoms with E-state index in [1.807, 2.05) is 32.1 Å². The van der Waals surface area contributed by atoms with Crippen molar-refractivity contribution in [2.45, 2.75) is 27.7 Å². The minimum atomic E-state index is 0.104. The summed E-state index contributed by atoms with van der Waals surface area (Å²) >= 11 is 0. The Kier molecular flexibility index (Phi) is 6.74. The summed E-state index contributed by atoms with van der Waals surface area (Å²) < 4.78 is 0. The highest BCUT2D eigenvalue weighted by molar-refractivity contribution is 5.36. The molecule has 1 aliphatic carbocycles. The van der Waals surface area contributed by atoms with Gasteiger partial charge in [0, 0.05) is 23.9 Å². The predicted octanol–water partition coefficient (Wildman–Crippen LogP) is 5.55. The first kappa shape index (κ1) is 17.0. The molecule has 0 amide bonds. The Hall–Kier alpha value is -2.02. The van der Waals surface area contributed by atoms with Crippen LogP contribution in [0, 0.1) is 5.41 Å². The van der Waals surface area contributed by atoms with Crippen molar-refractivity contribution in [1.29, 1.82) is 0 Å². The molecule has 21 heavy (non-hydrogen) atoms. The number of allylic oxidation sites excluding steroid dienone is 12. The third kappa shape index (κ3) is 5.86. The first-order chi connectivity index (χ1) is 10.00. The van der Waals surface area contributed by atoms with Gasteiger partial charge in [-0.05, 0) is 38.2 Å². The molecule has 1 heteroatoms. The molecule has 0 aromatic rings. The highest BCUT2D eigenvalue weighted by Crippen LogP contribution is 2.24. The Morgan fingerprint density at radius 3 is 2.43 bits per heavy atom. The molecule has 1 rings (SSSR count). The average molecular weight is 281 g/mol. The van der Waals surface area contributed by atoms with Gasteiger partial charge in [-0.1, -0.05) is 62.5 Å². The van der Waals surface area contributed by atoms with Gasteiger partial charge in [-0.3, -0.25) is 0 Å². The number of hydrogen-bond acceptors (Lipinski definition) is 1. The maximum atomic E-state index is 2.24. The van der Waals surface area contributed by atoms with Gasteiger partial charge in [-0.15, -0.1) is 0 Å². The number of hydrogen-bond donors (Lipinski definition) is 0. The van der Waals surface area contributed by atoms with Gasteiger partial charge in [0.05, 0.1) is 0 Å². The van der Waals surface area contributed by atoms with Gasteiger partial charge in [0.25, 0.3) is 0 Å². The van der Waals surface area contributed by atoms with Crippen LogP contribution in [0.4, 0.5) is 0 Å². The highest BCUT2D eigenvalue weighted by Gasteiger charge is 2.12. The van der Waals surface area contributed by atoms with E-state index in [1.54, 1.807) is 0 Å². The lowest BCUT2D eigenvalue weighted by Crippen LogP contribution is -2.14. The van der Waals surface area contributed by atoms with Crippen molar-refractivity contribution in [2.75, 3.05) is 7.05 Å². The van der Waals surface area contributed by atoms with Crippen molar-refractivity contribution in [3.05, 3.63) is 84.3 Å². The molecule has 0 unspecified atom stereocenters. The van der Waals surface area contributed by atoms with Gasteiger partial charge in [-0.25, -0.2) is 0 Å². The van der Waals surface area contributed by atoms with E-state index >= 15 is 0 Å². The van der Waals surface area contributed by atoms with Gasteiger partial charge in [-0.2, -0.15) is 0 Å². The monoisotopic (exact) mass is 281 g/mol. The molecule has 0 atom stereocenters.